The van der Waals surface area contributed by atoms with Crippen LogP contribution in [0.25, 0.3) is 0 Å². The number of imidazole rings is 1. The number of aromatic nitrogens is 2. The van der Waals surface area contributed by atoms with Gasteiger partial charge in [-0.1, -0.05) is 0 Å². The van der Waals surface area contributed by atoms with Gasteiger partial charge in [-0.3, -0.25) is 4.79 Å². The molecule has 0 spiro atoms. The van der Waals surface area contributed by atoms with Crippen LogP contribution < -0.4 is 10.6 Å². The molecule has 1 saturated heterocycles. The molecule has 1 aromatic heterocycles. The highest BCUT2D eigenvalue weighted by Gasteiger charge is 2.26. The Labute approximate surface area is 108 Å². The number of piperidine rings is 1. The van der Waals surface area contributed by atoms with Crippen molar-refractivity contribution in [3.63, 3.8) is 0 Å². The lowest BCUT2D eigenvalue weighted by Crippen LogP contribution is -2.47. The highest BCUT2D eigenvalue weighted by atomic mass is 16.1. The van der Waals surface area contributed by atoms with Gasteiger partial charge in [0.05, 0.1) is 5.92 Å². The highest BCUT2D eigenvalue weighted by molar-refractivity contribution is 5.79. The van der Waals surface area contributed by atoms with E-state index < -0.39 is 0 Å². The molecule has 0 aliphatic carbocycles. The van der Waals surface area contributed by atoms with Gasteiger partial charge in [-0.05, 0) is 33.2 Å². The zero-order valence-electron chi connectivity index (χ0n) is 11.1. The largest absolute Gasteiger partial charge is 0.354 e. The molecule has 5 heteroatoms. The molecule has 0 radical (unpaired) electrons. The molecular formula is C13H22N4O. The Bertz CT molecular complexity index is 401. The third-order valence-electron chi connectivity index (χ3n) is 3.67. The second-order valence-corrected chi connectivity index (χ2v) is 4.95. The van der Waals surface area contributed by atoms with Crippen molar-refractivity contribution >= 4 is 5.91 Å². The van der Waals surface area contributed by atoms with E-state index in [4.69, 9.17) is 0 Å². The summed E-state index contributed by atoms with van der Waals surface area (Å²) in [5.41, 5.74) is 0. The minimum atomic E-state index is 0.114. The van der Waals surface area contributed by atoms with Crippen molar-refractivity contribution in [1.29, 1.82) is 0 Å². The monoisotopic (exact) mass is 250 g/mol. The number of rotatable bonds is 4. The van der Waals surface area contributed by atoms with Gasteiger partial charge in [0, 0.05) is 31.5 Å². The SMILES string of the molecule is Cc1nccn1CCNC(=O)C1CCCNC1C. The van der Waals surface area contributed by atoms with Gasteiger partial charge >= 0.3 is 0 Å². The third-order valence-corrected chi connectivity index (χ3v) is 3.67. The standard InChI is InChI=1S/C13H22N4O/c1-10-12(4-3-5-14-10)13(18)16-7-9-17-8-6-15-11(17)2/h6,8,10,12,14H,3-5,7,9H2,1-2H3,(H,16,18). The molecule has 0 aromatic carbocycles. The maximum absolute atomic E-state index is 12.0. The molecule has 100 valence electrons. The third kappa shape index (κ3) is 3.10. The first-order valence-electron chi connectivity index (χ1n) is 6.67. The van der Waals surface area contributed by atoms with Crippen molar-refractivity contribution in [1.82, 2.24) is 20.2 Å². The Balaban J connectivity index is 1.76. The van der Waals surface area contributed by atoms with Crippen molar-refractivity contribution < 1.29 is 4.79 Å². The lowest BCUT2D eigenvalue weighted by atomic mass is 9.91. The molecular weight excluding hydrogens is 228 g/mol. The molecule has 2 atom stereocenters. The number of hydrogen-bond donors (Lipinski definition) is 2. The number of nitrogens with one attached hydrogen (secondary N) is 2. The van der Waals surface area contributed by atoms with Crippen LogP contribution in [-0.4, -0.2) is 34.6 Å². The quantitative estimate of drug-likeness (QED) is 0.827. The molecule has 1 aromatic rings. The average molecular weight is 250 g/mol. The number of nitrogens with zero attached hydrogens (tertiary/aromatic N) is 2. The summed E-state index contributed by atoms with van der Waals surface area (Å²) in [4.78, 5) is 16.2. The van der Waals surface area contributed by atoms with E-state index in [9.17, 15) is 4.79 Å². The van der Waals surface area contributed by atoms with Crippen LogP contribution in [0.5, 0.6) is 0 Å². The normalized spacial score (nSPS) is 23.9. The summed E-state index contributed by atoms with van der Waals surface area (Å²) in [6.45, 7) is 6.53. The maximum Gasteiger partial charge on any atom is 0.224 e. The molecule has 2 N–H and O–H groups in total. The molecule has 1 aliphatic rings. The number of amides is 1. The van der Waals surface area contributed by atoms with E-state index in [0.717, 1.165) is 31.8 Å². The van der Waals surface area contributed by atoms with Crippen molar-refractivity contribution in [3.05, 3.63) is 18.2 Å². The van der Waals surface area contributed by atoms with Gasteiger partial charge < -0.3 is 15.2 Å². The Morgan fingerprint density at radius 1 is 1.67 bits per heavy atom. The van der Waals surface area contributed by atoms with E-state index in [1.54, 1.807) is 6.20 Å². The molecule has 2 heterocycles. The molecule has 1 amide bonds. The van der Waals surface area contributed by atoms with Gasteiger partial charge in [-0.2, -0.15) is 0 Å². The number of hydrogen-bond acceptors (Lipinski definition) is 3. The number of aryl methyl sites for hydroxylation is 1. The molecule has 2 rings (SSSR count). The smallest absolute Gasteiger partial charge is 0.224 e. The fraction of sp³-hybridized carbons (Fsp3) is 0.692. The summed E-state index contributed by atoms with van der Waals surface area (Å²) in [5, 5.41) is 6.37. The van der Waals surface area contributed by atoms with Crippen LogP contribution in [0.1, 0.15) is 25.6 Å². The summed E-state index contributed by atoms with van der Waals surface area (Å²) >= 11 is 0. The zero-order chi connectivity index (χ0) is 13.0. The Kier molecular flexibility index (Phi) is 4.36. The second kappa shape index (κ2) is 6.00. The predicted octanol–water partition coefficient (Wildman–Crippen LogP) is 0.696. The van der Waals surface area contributed by atoms with Crippen LogP contribution in [0, 0.1) is 12.8 Å². The minimum absolute atomic E-state index is 0.114. The summed E-state index contributed by atoms with van der Waals surface area (Å²) < 4.78 is 2.04. The number of carbonyl (C=O) groups is 1. The minimum Gasteiger partial charge on any atom is -0.354 e. The first-order chi connectivity index (χ1) is 8.68. The van der Waals surface area contributed by atoms with Gasteiger partial charge in [-0.15, -0.1) is 0 Å². The first-order valence-corrected chi connectivity index (χ1v) is 6.67. The lowest BCUT2D eigenvalue weighted by Gasteiger charge is -2.28. The van der Waals surface area contributed by atoms with E-state index >= 15 is 0 Å². The van der Waals surface area contributed by atoms with Crippen molar-refractivity contribution in [2.75, 3.05) is 13.1 Å². The molecule has 0 bridgehead atoms. The molecule has 1 fully saturated rings. The molecule has 0 saturated carbocycles. The fourth-order valence-electron chi connectivity index (χ4n) is 2.47. The van der Waals surface area contributed by atoms with E-state index in [0.29, 0.717) is 6.54 Å². The van der Waals surface area contributed by atoms with Crippen LogP contribution in [0.3, 0.4) is 0 Å². The molecule has 18 heavy (non-hydrogen) atoms. The molecule has 2 unspecified atom stereocenters. The van der Waals surface area contributed by atoms with Gasteiger partial charge in [0.1, 0.15) is 5.82 Å². The lowest BCUT2D eigenvalue weighted by molar-refractivity contribution is -0.126. The summed E-state index contributed by atoms with van der Waals surface area (Å²) in [6.07, 6.45) is 5.80. The van der Waals surface area contributed by atoms with Gasteiger partial charge in [-0.25, -0.2) is 4.98 Å². The topological polar surface area (TPSA) is 59.0 Å². The van der Waals surface area contributed by atoms with Crippen molar-refractivity contribution in [2.45, 2.75) is 39.3 Å². The Morgan fingerprint density at radius 2 is 2.50 bits per heavy atom. The molecule has 1 aliphatic heterocycles. The summed E-state index contributed by atoms with van der Waals surface area (Å²) in [5.74, 6) is 1.27. The maximum atomic E-state index is 12.0. The van der Waals surface area contributed by atoms with E-state index in [1.165, 1.54) is 0 Å². The summed E-state index contributed by atoms with van der Waals surface area (Å²) in [6, 6.07) is 0.286. The van der Waals surface area contributed by atoms with Crippen molar-refractivity contribution in [3.8, 4) is 0 Å². The van der Waals surface area contributed by atoms with Crippen molar-refractivity contribution in [2.24, 2.45) is 5.92 Å². The Hall–Kier alpha value is -1.36. The number of carbonyl (C=O) groups excluding carboxylic acids is 1. The van der Waals surface area contributed by atoms with Gasteiger partial charge in [0.2, 0.25) is 5.91 Å². The van der Waals surface area contributed by atoms with E-state index in [1.807, 2.05) is 17.7 Å². The fourth-order valence-corrected chi connectivity index (χ4v) is 2.47. The van der Waals surface area contributed by atoms with Crippen LogP contribution >= 0.6 is 0 Å². The molecule has 5 nitrogen and oxygen atoms in total. The van der Waals surface area contributed by atoms with E-state index in [2.05, 4.69) is 22.5 Å². The first kappa shape index (κ1) is 13.1. The average Bonchev–Trinajstić information content (AvgIpc) is 2.75. The van der Waals surface area contributed by atoms with Crippen LogP contribution in [0.2, 0.25) is 0 Å². The predicted molar refractivity (Wildman–Crippen MR) is 70.2 cm³/mol. The van der Waals surface area contributed by atoms with E-state index in [-0.39, 0.29) is 17.9 Å². The highest BCUT2D eigenvalue weighted by Crippen LogP contribution is 2.16. The van der Waals surface area contributed by atoms with Crippen LogP contribution in [0.4, 0.5) is 0 Å². The Morgan fingerprint density at radius 3 is 3.17 bits per heavy atom. The second-order valence-electron chi connectivity index (χ2n) is 4.95. The zero-order valence-corrected chi connectivity index (χ0v) is 11.1. The van der Waals surface area contributed by atoms with Gasteiger partial charge in [0.15, 0.2) is 0 Å². The summed E-state index contributed by atoms with van der Waals surface area (Å²) in [7, 11) is 0. The van der Waals surface area contributed by atoms with Crippen LogP contribution in [-0.2, 0) is 11.3 Å². The van der Waals surface area contributed by atoms with Crippen LogP contribution in [0.15, 0.2) is 12.4 Å². The van der Waals surface area contributed by atoms with Gasteiger partial charge in [0.25, 0.3) is 0 Å².